The number of methoxy groups -OCH3 is 1. The van der Waals surface area contributed by atoms with E-state index in [1.807, 2.05) is 0 Å². The lowest BCUT2D eigenvalue weighted by Crippen LogP contribution is -2.48. The highest BCUT2D eigenvalue weighted by Gasteiger charge is 2.19. The number of nitrogens with zero attached hydrogens (tertiary/aromatic N) is 2. The molecule has 0 spiro atoms. The largest absolute Gasteiger partial charge is 0.496 e. The smallest absolute Gasteiger partial charge is 0.231 e. The fraction of sp³-hybridized carbons (Fsp3) is 0.611. The van der Waals surface area contributed by atoms with E-state index < -0.39 is 0 Å². The molecule has 2 N–H and O–H groups in total. The molecule has 1 aromatic carbocycles. The Morgan fingerprint density at radius 3 is 2.35 bits per heavy atom. The summed E-state index contributed by atoms with van der Waals surface area (Å²) in [7, 11) is 1.73. The Balaban J connectivity index is 2.03. The number of nitrogens with two attached hydrogens (primary N) is 1. The molecule has 1 saturated heterocycles. The van der Waals surface area contributed by atoms with Gasteiger partial charge in [-0.2, -0.15) is 0 Å². The monoisotopic (exact) mass is 319 g/mol. The molecule has 0 aliphatic carbocycles. The number of carbonyl (C=O) groups is 1. The molecule has 1 amide bonds. The first-order chi connectivity index (χ1) is 10.9. The van der Waals surface area contributed by atoms with Gasteiger partial charge in [0.25, 0.3) is 0 Å². The predicted molar refractivity (Wildman–Crippen MR) is 92.7 cm³/mol. The summed E-state index contributed by atoms with van der Waals surface area (Å²) in [5.41, 5.74) is 9.16. The van der Waals surface area contributed by atoms with Crippen molar-refractivity contribution in [3.63, 3.8) is 0 Å². The quantitative estimate of drug-likeness (QED) is 0.867. The zero-order chi connectivity index (χ0) is 17.0. The average Bonchev–Trinajstić information content (AvgIpc) is 2.50. The molecule has 1 heterocycles. The molecule has 5 heteroatoms. The fourth-order valence-electron chi connectivity index (χ4n) is 3.11. The van der Waals surface area contributed by atoms with Crippen LogP contribution < -0.4 is 10.5 Å². The number of aryl methyl sites for hydroxylation is 1. The van der Waals surface area contributed by atoms with Gasteiger partial charge in [0.15, 0.2) is 0 Å². The summed E-state index contributed by atoms with van der Waals surface area (Å²) in [6.45, 7) is 11.6. The number of piperazine rings is 1. The van der Waals surface area contributed by atoms with Gasteiger partial charge in [-0.1, -0.05) is 19.9 Å². The van der Waals surface area contributed by atoms with Crippen molar-refractivity contribution in [2.75, 3.05) is 39.8 Å². The van der Waals surface area contributed by atoms with Gasteiger partial charge < -0.3 is 10.5 Å². The third kappa shape index (κ3) is 4.69. The van der Waals surface area contributed by atoms with E-state index in [0.29, 0.717) is 12.5 Å². The Bertz CT molecular complexity index is 549. The lowest BCUT2D eigenvalue weighted by atomic mass is 9.96. The Morgan fingerprint density at radius 1 is 1.22 bits per heavy atom. The van der Waals surface area contributed by atoms with Crippen LogP contribution in [-0.4, -0.2) is 55.5 Å². The van der Waals surface area contributed by atoms with Crippen molar-refractivity contribution < 1.29 is 9.53 Å². The van der Waals surface area contributed by atoms with E-state index in [4.69, 9.17) is 10.5 Å². The first-order valence-electron chi connectivity index (χ1n) is 8.31. The molecule has 0 unspecified atom stereocenters. The van der Waals surface area contributed by atoms with Crippen LogP contribution in [-0.2, 0) is 11.3 Å². The Hall–Kier alpha value is -1.59. The first-order valence-corrected chi connectivity index (χ1v) is 8.31. The van der Waals surface area contributed by atoms with E-state index in [1.54, 1.807) is 7.11 Å². The van der Waals surface area contributed by atoms with Gasteiger partial charge in [0.2, 0.25) is 5.91 Å². The summed E-state index contributed by atoms with van der Waals surface area (Å²) >= 11 is 0. The van der Waals surface area contributed by atoms with E-state index in [0.717, 1.165) is 38.5 Å². The van der Waals surface area contributed by atoms with Gasteiger partial charge in [-0.25, -0.2) is 0 Å². The number of rotatable bonds is 6. The van der Waals surface area contributed by atoms with Crippen LogP contribution in [0, 0.1) is 6.92 Å². The molecule has 0 aromatic heterocycles. The van der Waals surface area contributed by atoms with Crippen molar-refractivity contribution in [3.05, 3.63) is 28.8 Å². The standard InChI is InChI=1S/C18H29N3O2/c1-13(2)16-10-15(14(3)9-17(16)23-4)11-20-5-7-21(8-6-20)12-18(19)22/h9-10,13H,5-8,11-12H2,1-4H3,(H2,19,22). The molecule has 1 fully saturated rings. The van der Waals surface area contributed by atoms with Gasteiger partial charge in [0.1, 0.15) is 5.75 Å². The molecule has 2 rings (SSSR count). The van der Waals surface area contributed by atoms with Crippen molar-refractivity contribution in [2.45, 2.75) is 33.2 Å². The van der Waals surface area contributed by atoms with E-state index in [9.17, 15) is 4.79 Å². The summed E-state index contributed by atoms with van der Waals surface area (Å²) in [6.07, 6.45) is 0. The summed E-state index contributed by atoms with van der Waals surface area (Å²) in [5, 5.41) is 0. The summed E-state index contributed by atoms with van der Waals surface area (Å²) in [5.74, 6) is 1.18. The third-order valence-electron chi connectivity index (χ3n) is 4.55. The lowest BCUT2D eigenvalue weighted by molar-refractivity contribution is -0.119. The molecule has 23 heavy (non-hydrogen) atoms. The van der Waals surface area contributed by atoms with Gasteiger partial charge in [-0.3, -0.25) is 14.6 Å². The minimum absolute atomic E-state index is 0.244. The zero-order valence-corrected chi connectivity index (χ0v) is 14.8. The molecule has 5 nitrogen and oxygen atoms in total. The van der Waals surface area contributed by atoms with Crippen LogP contribution >= 0.6 is 0 Å². The van der Waals surface area contributed by atoms with Gasteiger partial charge in [0.05, 0.1) is 13.7 Å². The maximum atomic E-state index is 11.0. The van der Waals surface area contributed by atoms with Crippen molar-refractivity contribution in [1.29, 1.82) is 0 Å². The molecular formula is C18H29N3O2. The molecular weight excluding hydrogens is 290 g/mol. The maximum Gasteiger partial charge on any atom is 0.231 e. The second-order valence-corrected chi connectivity index (χ2v) is 6.69. The first kappa shape index (κ1) is 17.8. The minimum atomic E-state index is -0.244. The van der Waals surface area contributed by atoms with Crippen LogP contribution in [0.15, 0.2) is 12.1 Å². The van der Waals surface area contributed by atoms with Crippen LogP contribution in [0.2, 0.25) is 0 Å². The molecule has 0 radical (unpaired) electrons. The second kappa shape index (κ2) is 7.79. The van der Waals surface area contributed by atoms with Crippen LogP contribution in [0.1, 0.15) is 36.5 Å². The van der Waals surface area contributed by atoms with E-state index >= 15 is 0 Å². The van der Waals surface area contributed by atoms with Gasteiger partial charge in [0, 0.05) is 32.7 Å². The SMILES string of the molecule is COc1cc(C)c(CN2CCN(CC(N)=O)CC2)cc1C(C)C. The maximum absolute atomic E-state index is 11.0. The van der Waals surface area contributed by atoms with E-state index in [-0.39, 0.29) is 5.91 Å². The highest BCUT2D eigenvalue weighted by Crippen LogP contribution is 2.30. The molecule has 0 saturated carbocycles. The number of carbonyl (C=O) groups excluding carboxylic acids is 1. The minimum Gasteiger partial charge on any atom is -0.496 e. The molecule has 0 bridgehead atoms. The van der Waals surface area contributed by atoms with Crippen molar-refractivity contribution in [3.8, 4) is 5.75 Å². The number of amides is 1. The van der Waals surface area contributed by atoms with Crippen LogP contribution in [0.3, 0.4) is 0 Å². The molecule has 0 atom stereocenters. The zero-order valence-electron chi connectivity index (χ0n) is 14.8. The Morgan fingerprint density at radius 2 is 1.83 bits per heavy atom. The Kier molecular flexibility index (Phi) is 6.02. The highest BCUT2D eigenvalue weighted by atomic mass is 16.5. The van der Waals surface area contributed by atoms with Crippen molar-refractivity contribution in [2.24, 2.45) is 5.73 Å². The number of ether oxygens (including phenoxy) is 1. The Labute approximate surface area is 139 Å². The summed E-state index contributed by atoms with van der Waals surface area (Å²) in [6, 6.07) is 4.43. The average molecular weight is 319 g/mol. The molecule has 1 aromatic rings. The normalized spacial score (nSPS) is 16.7. The summed E-state index contributed by atoms with van der Waals surface area (Å²) in [4.78, 5) is 15.6. The number of benzene rings is 1. The predicted octanol–water partition coefficient (Wildman–Crippen LogP) is 1.73. The topological polar surface area (TPSA) is 58.8 Å². The lowest BCUT2D eigenvalue weighted by Gasteiger charge is -2.34. The van der Waals surface area contributed by atoms with Crippen LogP contribution in [0.5, 0.6) is 5.75 Å². The third-order valence-corrected chi connectivity index (χ3v) is 4.55. The van der Waals surface area contributed by atoms with Gasteiger partial charge in [-0.05, 0) is 35.6 Å². The molecule has 1 aliphatic heterocycles. The number of hydrogen-bond acceptors (Lipinski definition) is 4. The second-order valence-electron chi connectivity index (χ2n) is 6.69. The molecule has 1 aliphatic rings. The fourth-order valence-corrected chi connectivity index (χ4v) is 3.11. The van der Waals surface area contributed by atoms with Gasteiger partial charge >= 0.3 is 0 Å². The van der Waals surface area contributed by atoms with Crippen molar-refractivity contribution >= 4 is 5.91 Å². The number of primary amides is 1. The van der Waals surface area contributed by atoms with Crippen LogP contribution in [0.4, 0.5) is 0 Å². The number of hydrogen-bond donors (Lipinski definition) is 1. The highest BCUT2D eigenvalue weighted by molar-refractivity contribution is 5.75. The van der Waals surface area contributed by atoms with Gasteiger partial charge in [-0.15, -0.1) is 0 Å². The van der Waals surface area contributed by atoms with E-state index in [2.05, 4.69) is 42.7 Å². The molecule has 128 valence electrons. The van der Waals surface area contributed by atoms with E-state index in [1.165, 1.54) is 16.7 Å². The van der Waals surface area contributed by atoms with Crippen molar-refractivity contribution in [1.82, 2.24) is 9.80 Å². The summed E-state index contributed by atoms with van der Waals surface area (Å²) < 4.78 is 5.52. The van der Waals surface area contributed by atoms with Crippen LogP contribution in [0.25, 0.3) is 0 Å².